The van der Waals surface area contributed by atoms with E-state index in [9.17, 15) is 19.6 Å². The molecule has 1 aromatic carbocycles. The number of hydrogen-bond donors (Lipinski definition) is 3. The topological polar surface area (TPSA) is 116 Å². The van der Waals surface area contributed by atoms with Gasteiger partial charge in [-0.3, -0.25) is 19.6 Å². The average molecular weight is 372 g/mol. The molecule has 0 aliphatic heterocycles. The molecule has 8 nitrogen and oxygen atoms in total. The van der Waals surface area contributed by atoms with Crippen LogP contribution < -0.4 is 11.1 Å². The molecule has 0 fully saturated rings. The van der Waals surface area contributed by atoms with Crippen LogP contribution in [0.25, 0.3) is 5.57 Å². The van der Waals surface area contributed by atoms with Gasteiger partial charge in [0.25, 0.3) is 5.91 Å². The zero-order chi connectivity index (χ0) is 20.2. The summed E-state index contributed by atoms with van der Waals surface area (Å²) in [6.07, 6.45) is 5.76. The number of nitrogens with one attached hydrogen (secondary N) is 1. The van der Waals surface area contributed by atoms with Gasteiger partial charge in [-0.2, -0.15) is 0 Å². The predicted octanol–water partition coefficient (Wildman–Crippen LogP) is 0.148. The number of amides is 3. The van der Waals surface area contributed by atoms with E-state index in [0.29, 0.717) is 6.42 Å². The lowest BCUT2D eigenvalue weighted by atomic mass is 9.85. The van der Waals surface area contributed by atoms with Crippen LogP contribution in [0.5, 0.6) is 0 Å². The Bertz CT molecular complexity index is 788. The maximum atomic E-state index is 13.1. The van der Waals surface area contributed by atoms with E-state index in [1.807, 2.05) is 42.5 Å². The van der Waals surface area contributed by atoms with Crippen molar-refractivity contribution in [2.45, 2.75) is 18.0 Å². The number of benzene rings is 1. The van der Waals surface area contributed by atoms with Crippen LogP contribution in [0.3, 0.4) is 0 Å². The Labute approximate surface area is 157 Å². The Kier molecular flexibility index (Phi) is 6.14. The summed E-state index contributed by atoms with van der Waals surface area (Å²) in [4.78, 5) is 37.8. The van der Waals surface area contributed by atoms with Crippen LogP contribution in [-0.4, -0.2) is 65.6 Å². The van der Waals surface area contributed by atoms with Crippen molar-refractivity contribution in [3.63, 3.8) is 0 Å². The Morgan fingerprint density at radius 1 is 1.22 bits per heavy atom. The van der Waals surface area contributed by atoms with E-state index in [2.05, 4.69) is 5.32 Å². The number of nitrogens with two attached hydrogens (primary N) is 1. The Morgan fingerprint density at radius 3 is 2.30 bits per heavy atom. The van der Waals surface area contributed by atoms with Gasteiger partial charge in [-0.05, 0) is 24.6 Å². The van der Waals surface area contributed by atoms with E-state index in [-0.39, 0.29) is 5.06 Å². The first kappa shape index (κ1) is 20.3. The zero-order valence-electron chi connectivity index (χ0n) is 15.5. The fourth-order valence-corrected chi connectivity index (χ4v) is 3.02. The molecule has 8 heteroatoms. The van der Waals surface area contributed by atoms with Gasteiger partial charge in [-0.25, -0.2) is 5.06 Å². The minimum absolute atomic E-state index is 0.245. The highest BCUT2D eigenvalue weighted by Crippen LogP contribution is 2.28. The van der Waals surface area contributed by atoms with Gasteiger partial charge in [-0.1, -0.05) is 48.6 Å². The number of carbonyl (C=O) groups excluding carboxylic acids is 3. The summed E-state index contributed by atoms with van der Waals surface area (Å²) in [5.41, 5.74) is 6.14. The van der Waals surface area contributed by atoms with Gasteiger partial charge in [0.05, 0.1) is 0 Å². The molecule has 0 spiro atoms. The SMILES string of the molecule is CNC1(C(=O)N(C)C(C(N)=O)C(=O)N(C)O)C=CC(c2ccccc2)=CC1. The van der Waals surface area contributed by atoms with E-state index < -0.39 is 29.3 Å². The van der Waals surface area contributed by atoms with Crippen molar-refractivity contribution in [3.05, 3.63) is 54.1 Å². The second kappa shape index (κ2) is 8.15. The quantitative estimate of drug-likeness (QED) is 0.373. The Balaban J connectivity index is 2.28. The van der Waals surface area contributed by atoms with Crippen molar-refractivity contribution >= 4 is 23.3 Å². The third kappa shape index (κ3) is 4.07. The van der Waals surface area contributed by atoms with E-state index in [0.717, 1.165) is 23.1 Å². The molecule has 0 aromatic heterocycles. The first-order valence-corrected chi connectivity index (χ1v) is 8.40. The van der Waals surface area contributed by atoms with Crippen molar-refractivity contribution < 1.29 is 19.6 Å². The second-order valence-corrected chi connectivity index (χ2v) is 6.37. The first-order chi connectivity index (χ1) is 12.7. The maximum Gasteiger partial charge on any atom is 0.278 e. The normalized spacial score (nSPS) is 19.8. The fourth-order valence-electron chi connectivity index (χ4n) is 3.02. The monoisotopic (exact) mass is 372 g/mol. The molecule has 0 radical (unpaired) electrons. The summed E-state index contributed by atoms with van der Waals surface area (Å²) >= 11 is 0. The van der Waals surface area contributed by atoms with Gasteiger partial charge < -0.3 is 16.0 Å². The standard InChI is InChI=1S/C19H24N4O4/c1-21-19(11-9-14(10-12-19)13-7-5-4-6-8-13)18(26)22(2)15(16(20)24)17(25)23(3)27/h4-11,15,21,27H,12H2,1-3H3,(H2,20,24). The number of rotatable bonds is 6. The molecule has 0 heterocycles. The van der Waals surface area contributed by atoms with Gasteiger partial charge in [0.15, 0.2) is 6.04 Å². The number of carbonyl (C=O) groups is 3. The van der Waals surface area contributed by atoms with Crippen molar-refractivity contribution in [2.75, 3.05) is 21.1 Å². The van der Waals surface area contributed by atoms with Crippen molar-refractivity contribution in [1.29, 1.82) is 0 Å². The van der Waals surface area contributed by atoms with E-state index in [4.69, 9.17) is 5.73 Å². The molecule has 2 rings (SSSR count). The molecule has 144 valence electrons. The second-order valence-electron chi connectivity index (χ2n) is 6.37. The maximum absolute atomic E-state index is 13.1. The highest BCUT2D eigenvalue weighted by molar-refractivity contribution is 6.07. The van der Waals surface area contributed by atoms with Gasteiger partial charge in [0.1, 0.15) is 5.54 Å². The lowest BCUT2D eigenvalue weighted by Crippen LogP contribution is -2.62. The van der Waals surface area contributed by atoms with E-state index in [1.165, 1.54) is 7.05 Å². The number of allylic oxidation sites excluding steroid dienone is 2. The number of primary amides is 1. The lowest BCUT2D eigenvalue weighted by molar-refractivity contribution is -0.169. The molecule has 1 aliphatic carbocycles. The Hall–Kier alpha value is -2.97. The van der Waals surface area contributed by atoms with E-state index in [1.54, 1.807) is 13.1 Å². The van der Waals surface area contributed by atoms with Gasteiger partial charge in [0, 0.05) is 14.1 Å². The third-order valence-electron chi connectivity index (χ3n) is 4.66. The molecular formula is C19H24N4O4. The van der Waals surface area contributed by atoms with E-state index >= 15 is 0 Å². The third-order valence-corrected chi connectivity index (χ3v) is 4.66. The average Bonchev–Trinajstić information content (AvgIpc) is 2.67. The molecular weight excluding hydrogens is 348 g/mol. The van der Waals surface area contributed by atoms with Gasteiger partial charge in [-0.15, -0.1) is 0 Å². The molecule has 4 N–H and O–H groups in total. The minimum Gasteiger partial charge on any atom is -0.367 e. The minimum atomic E-state index is -1.61. The summed E-state index contributed by atoms with van der Waals surface area (Å²) in [6.45, 7) is 0. The van der Waals surface area contributed by atoms with Crippen LogP contribution in [-0.2, 0) is 14.4 Å². The molecule has 2 atom stereocenters. The first-order valence-electron chi connectivity index (χ1n) is 8.40. The van der Waals surface area contributed by atoms with Crippen LogP contribution in [0.4, 0.5) is 0 Å². The summed E-state index contributed by atoms with van der Waals surface area (Å²) in [5, 5.41) is 12.6. The van der Waals surface area contributed by atoms with Crippen LogP contribution in [0.2, 0.25) is 0 Å². The fraction of sp³-hybridized carbons (Fsp3) is 0.316. The van der Waals surface area contributed by atoms with Crippen LogP contribution in [0.15, 0.2) is 48.6 Å². The number of likely N-dealkylation sites (N-methyl/N-ethyl adjacent to an activating group) is 3. The van der Waals surface area contributed by atoms with Crippen LogP contribution in [0, 0.1) is 0 Å². The van der Waals surface area contributed by atoms with Crippen LogP contribution in [0.1, 0.15) is 12.0 Å². The molecule has 0 bridgehead atoms. The van der Waals surface area contributed by atoms with Crippen LogP contribution >= 0.6 is 0 Å². The Morgan fingerprint density at radius 2 is 1.85 bits per heavy atom. The molecule has 2 unspecified atom stereocenters. The molecule has 0 saturated carbocycles. The summed E-state index contributed by atoms with van der Waals surface area (Å²) in [7, 11) is 4.00. The molecule has 0 saturated heterocycles. The number of hydrogen-bond acceptors (Lipinski definition) is 5. The predicted molar refractivity (Wildman–Crippen MR) is 100 cm³/mol. The lowest BCUT2D eigenvalue weighted by Gasteiger charge is -2.36. The summed E-state index contributed by atoms with van der Waals surface area (Å²) in [5.74, 6) is -2.52. The summed E-state index contributed by atoms with van der Waals surface area (Å²) < 4.78 is 0. The van der Waals surface area contributed by atoms with Crippen molar-refractivity contribution in [2.24, 2.45) is 5.73 Å². The zero-order valence-corrected chi connectivity index (χ0v) is 15.5. The molecule has 3 amide bonds. The molecule has 1 aliphatic rings. The highest BCUT2D eigenvalue weighted by atomic mass is 16.5. The van der Waals surface area contributed by atoms with Crippen molar-refractivity contribution in [3.8, 4) is 0 Å². The van der Waals surface area contributed by atoms with Gasteiger partial charge >= 0.3 is 0 Å². The highest BCUT2D eigenvalue weighted by Gasteiger charge is 2.43. The van der Waals surface area contributed by atoms with Gasteiger partial charge in [0.2, 0.25) is 11.8 Å². The number of nitrogens with zero attached hydrogens (tertiary/aromatic N) is 2. The largest absolute Gasteiger partial charge is 0.367 e. The summed E-state index contributed by atoms with van der Waals surface area (Å²) in [6, 6.07) is 8.11. The van der Waals surface area contributed by atoms with Crippen molar-refractivity contribution in [1.82, 2.24) is 15.3 Å². The molecule has 27 heavy (non-hydrogen) atoms. The molecule has 1 aromatic rings. The smallest absolute Gasteiger partial charge is 0.278 e. The number of hydroxylamine groups is 2.